The largest absolute Gasteiger partial charge is 0.497 e. The van der Waals surface area contributed by atoms with Crippen molar-refractivity contribution in [3.05, 3.63) is 66.2 Å². The van der Waals surface area contributed by atoms with Crippen LogP contribution in [0.1, 0.15) is 17.4 Å². The minimum absolute atomic E-state index is 0.138. The molecule has 0 aliphatic carbocycles. The Morgan fingerprint density at radius 2 is 2.00 bits per heavy atom. The van der Waals surface area contributed by atoms with Crippen LogP contribution in [0.25, 0.3) is 5.69 Å². The zero-order valence-electron chi connectivity index (χ0n) is 14.4. The average molecular weight is 355 g/mol. The summed E-state index contributed by atoms with van der Waals surface area (Å²) in [6.45, 7) is 2.20. The molecule has 3 rings (SSSR count). The highest BCUT2D eigenvalue weighted by Crippen LogP contribution is 2.23. The average Bonchev–Trinajstić information content (AvgIpc) is 3.07. The van der Waals surface area contributed by atoms with Gasteiger partial charge in [-0.1, -0.05) is 6.07 Å². The Bertz CT molecular complexity index is 907. The van der Waals surface area contributed by atoms with Crippen LogP contribution in [-0.2, 0) is 0 Å². The lowest BCUT2D eigenvalue weighted by atomic mass is 10.3. The summed E-state index contributed by atoms with van der Waals surface area (Å²) >= 11 is 0. The number of carbonyl (C=O) groups is 1. The van der Waals surface area contributed by atoms with Gasteiger partial charge in [-0.15, -0.1) is 0 Å². The number of hydrogen-bond donors (Lipinski definition) is 1. The molecular formula is C19H18FN3O3. The van der Waals surface area contributed by atoms with Gasteiger partial charge in [0.25, 0.3) is 5.91 Å². The van der Waals surface area contributed by atoms with E-state index in [0.29, 0.717) is 29.5 Å². The molecule has 0 radical (unpaired) electrons. The molecule has 3 aromatic rings. The van der Waals surface area contributed by atoms with Crippen molar-refractivity contribution in [2.75, 3.05) is 19.0 Å². The van der Waals surface area contributed by atoms with E-state index in [1.807, 2.05) is 6.92 Å². The van der Waals surface area contributed by atoms with E-state index in [4.69, 9.17) is 9.47 Å². The van der Waals surface area contributed by atoms with E-state index in [1.165, 1.54) is 16.8 Å². The number of methoxy groups -OCH3 is 1. The maximum Gasteiger partial charge on any atom is 0.280 e. The lowest BCUT2D eigenvalue weighted by Gasteiger charge is -2.07. The smallest absolute Gasteiger partial charge is 0.280 e. The SMILES string of the molecule is CCOc1cn(-c2ccc(F)cc2)nc1C(=O)Nc1cccc(OC)c1. The first-order valence-corrected chi connectivity index (χ1v) is 8.04. The molecule has 0 unspecified atom stereocenters. The summed E-state index contributed by atoms with van der Waals surface area (Å²) in [6.07, 6.45) is 1.59. The topological polar surface area (TPSA) is 65.4 Å². The van der Waals surface area contributed by atoms with Crippen molar-refractivity contribution in [3.63, 3.8) is 0 Å². The molecule has 0 aliphatic heterocycles. The van der Waals surface area contributed by atoms with Gasteiger partial charge in [0.05, 0.1) is 25.6 Å². The highest BCUT2D eigenvalue weighted by molar-refractivity contribution is 6.04. The molecule has 6 nitrogen and oxygen atoms in total. The zero-order valence-corrected chi connectivity index (χ0v) is 14.4. The van der Waals surface area contributed by atoms with Crippen LogP contribution in [0.3, 0.4) is 0 Å². The maximum atomic E-state index is 13.1. The van der Waals surface area contributed by atoms with Crippen molar-refractivity contribution in [1.82, 2.24) is 9.78 Å². The third-order valence-corrected chi connectivity index (χ3v) is 3.61. The summed E-state index contributed by atoms with van der Waals surface area (Å²) < 4.78 is 25.3. The number of nitrogens with one attached hydrogen (secondary N) is 1. The monoisotopic (exact) mass is 355 g/mol. The van der Waals surface area contributed by atoms with Crippen molar-refractivity contribution < 1.29 is 18.7 Å². The molecular weight excluding hydrogens is 337 g/mol. The summed E-state index contributed by atoms with van der Waals surface area (Å²) in [5.74, 6) is 0.214. The van der Waals surface area contributed by atoms with E-state index in [0.717, 1.165) is 0 Å². The second kappa shape index (κ2) is 7.69. The van der Waals surface area contributed by atoms with Gasteiger partial charge in [-0.05, 0) is 43.3 Å². The van der Waals surface area contributed by atoms with Gasteiger partial charge in [0.2, 0.25) is 0 Å². The van der Waals surface area contributed by atoms with Crippen LogP contribution < -0.4 is 14.8 Å². The summed E-state index contributed by atoms with van der Waals surface area (Å²) in [5.41, 5.74) is 1.33. The molecule has 0 fully saturated rings. The summed E-state index contributed by atoms with van der Waals surface area (Å²) in [7, 11) is 1.55. The summed E-state index contributed by atoms with van der Waals surface area (Å²) in [4.78, 5) is 12.6. The highest BCUT2D eigenvalue weighted by Gasteiger charge is 2.19. The third kappa shape index (κ3) is 3.83. The van der Waals surface area contributed by atoms with Crippen molar-refractivity contribution in [3.8, 4) is 17.2 Å². The van der Waals surface area contributed by atoms with Gasteiger partial charge in [-0.3, -0.25) is 4.79 Å². The van der Waals surface area contributed by atoms with Crippen LogP contribution in [0.5, 0.6) is 11.5 Å². The van der Waals surface area contributed by atoms with Crippen LogP contribution >= 0.6 is 0 Å². The normalized spacial score (nSPS) is 10.4. The molecule has 7 heteroatoms. The summed E-state index contributed by atoms with van der Waals surface area (Å²) in [5, 5.41) is 7.06. The number of benzene rings is 2. The number of hydrogen-bond acceptors (Lipinski definition) is 4. The number of nitrogens with zero attached hydrogens (tertiary/aromatic N) is 2. The second-order valence-corrected chi connectivity index (χ2v) is 5.38. The molecule has 2 aromatic carbocycles. The maximum absolute atomic E-state index is 13.1. The predicted molar refractivity (Wildman–Crippen MR) is 95.6 cm³/mol. The minimum Gasteiger partial charge on any atom is -0.497 e. The van der Waals surface area contributed by atoms with E-state index in [2.05, 4.69) is 10.4 Å². The Morgan fingerprint density at radius 1 is 1.23 bits per heavy atom. The van der Waals surface area contributed by atoms with E-state index >= 15 is 0 Å². The molecule has 1 N–H and O–H groups in total. The van der Waals surface area contributed by atoms with Gasteiger partial charge in [-0.2, -0.15) is 5.10 Å². The van der Waals surface area contributed by atoms with Crippen molar-refractivity contribution >= 4 is 11.6 Å². The first kappa shape index (κ1) is 17.5. The molecule has 1 heterocycles. The van der Waals surface area contributed by atoms with Crippen LogP contribution in [0, 0.1) is 5.82 Å². The molecule has 0 spiro atoms. The third-order valence-electron chi connectivity index (χ3n) is 3.61. The number of aromatic nitrogens is 2. The number of carbonyl (C=O) groups excluding carboxylic acids is 1. The fourth-order valence-corrected chi connectivity index (χ4v) is 2.39. The van der Waals surface area contributed by atoms with Gasteiger partial charge in [0.15, 0.2) is 11.4 Å². The quantitative estimate of drug-likeness (QED) is 0.733. The van der Waals surface area contributed by atoms with Crippen molar-refractivity contribution in [1.29, 1.82) is 0 Å². The number of rotatable bonds is 6. The Kier molecular flexibility index (Phi) is 5.17. The van der Waals surface area contributed by atoms with E-state index in [9.17, 15) is 9.18 Å². The van der Waals surface area contributed by atoms with E-state index in [-0.39, 0.29) is 11.5 Å². The van der Waals surface area contributed by atoms with Crippen LogP contribution in [0.2, 0.25) is 0 Å². The first-order valence-electron chi connectivity index (χ1n) is 8.04. The van der Waals surface area contributed by atoms with Gasteiger partial charge < -0.3 is 14.8 Å². The molecule has 0 aliphatic rings. The van der Waals surface area contributed by atoms with Gasteiger partial charge in [0, 0.05) is 11.8 Å². The fraction of sp³-hybridized carbons (Fsp3) is 0.158. The molecule has 1 aromatic heterocycles. The van der Waals surface area contributed by atoms with E-state index in [1.54, 1.807) is 49.7 Å². The predicted octanol–water partition coefficient (Wildman–Crippen LogP) is 3.67. The molecule has 0 saturated heterocycles. The molecule has 26 heavy (non-hydrogen) atoms. The number of amides is 1. The first-order chi connectivity index (χ1) is 12.6. The molecule has 0 atom stereocenters. The van der Waals surface area contributed by atoms with Crippen LogP contribution in [-0.4, -0.2) is 29.4 Å². The van der Waals surface area contributed by atoms with Gasteiger partial charge >= 0.3 is 0 Å². The van der Waals surface area contributed by atoms with Crippen LogP contribution in [0.15, 0.2) is 54.7 Å². The Labute approximate surface area is 150 Å². The lowest BCUT2D eigenvalue weighted by molar-refractivity contribution is 0.101. The fourth-order valence-electron chi connectivity index (χ4n) is 2.39. The molecule has 0 saturated carbocycles. The van der Waals surface area contributed by atoms with Crippen molar-refractivity contribution in [2.45, 2.75) is 6.92 Å². The summed E-state index contributed by atoms with van der Waals surface area (Å²) in [6, 6.07) is 12.8. The van der Waals surface area contributed by atoms with E-state index < -0.39 is 5.91 Å². The number of ether oxygens (including phenoxy) is 2. The molecule has 134 valence electrons. The molecule has 1 amide bonds. The minimum atomic E-state index is -0.414. The Balaban J connectivity index is 1.89. The highest BCUT2D eigenvalue weighted by atomic mass is 19.1. The van der Waals surface area contributed by atoms with Gasteiger partial charge in [-0.25, -0.2) is 9.07 Å². The number of halogens is 1. The zero-order chi connectivity index (χ0) is 18.5. The van der Waals surface area contributed by atoms with Crippen LogP contribution in [0.4, 0.5) is 10.1 Å². The number of anilines is 1. The Morgan fingerprint density at radius 3 is 2.69 bits per heavy atom. The second-order valence-electron chi connectivity index (χ2n) is 5.38. The lowest BCUT2D eigenvalue weighted by Crippen LogP contribution is -2.14. The van der Waals surface area contributed by atoms with Crippen molar-refractivity contribution in [2.24, 2.45) is 0 Å². The van der Waals surface area contributed by atoms with Gasteiger partial charge in [0.1, 0.15) is 11.6 Å². The Hall–Kier alpha value is -3.35. The molecule has 0 bridgehead atoms. The standard InChI is InChI=1S/C19H18FN3O3/c1-3-26-17-12-23(15-9-7-13(20)8-10-15)22-18(17)19(24)21-14-5-4-6-16(11-14)25-2/h4-12H,3H2,1-2H3,(H,21,24).